The number of para-hydroxylation sites is 2. The number of methoxy groups -OCH3 is 1. The van der Waals surface area contributed by atoms with Crippen molar-refractivity contribution in [2.24, 2.45) is 0 Å². The lowest BCUT2D eigenvalue weighted by molar-refractivity contribution is 0.109. The average Bonchev–Trinajstić information content (AvgIpc) is 2.59. The Morgan fingerprint density at radius 2 is 1.68 bits per heavy atom. The summed E-state index contributed by atoms with van der Waals surface area (Å²) in [5.74, 6) is 0.672. The van der Waals surface area contributed by atoms with Gasteiger partial charge in [0.2, 0.25) is 0 Å². The second-order valence-electron chi connectivity index (χ2n) is 4.69. The summed E-state index contributed by atoms with van der Waals surface area (Å²) in [7, 11) is 1.31. The Morgan fingerprint density at radius 1 is 1.09 bits per heavy atom. The van der Waals surface area contributed by atoms with E-state index in [-0.39, 0.29) is 13.2 Å². The number of aliphatic hydroxyl groups excluding tert-OH is 1. The van der Waals surface area contributed by atoms with E-state index in [1.807, 2.05) is 48.5 Å². The molecule has 1 unspecified atom stereocenters. The van der Waals surface area contributed by atoms with E-state index in [4.69, 9.17) is 9.47 Å². The van der Waals surface area contributed by atoms with Crippen molar-refractivity contribution in [2.45, 2.75) is 6.10 Å². The predicted molar refractivity (Wildman–Crippen MR) is 84.1 cm³/mol. The zero-order valence-electron chi connectivity index (χ0n) is 12.4. The van der Waals surface area contributed by atoms with E-state index in [0.29, 0.717) is 11.4 Å². The molecule has 5 heteroatoms. The molecule has 0 fully saturated rings. The highest BCUT2D eigenvalue weighted by atomic mass is 16.5. The van der Waals surface area contributed by atoms with E-state index >= 15 is 0 Å². The third-order valence-corrected chi connectivity index (χ3v) is 3.04. The van der Waals surface area contributed by atoms with Crippen molar-refractivity contribution in [1.29, 1.82) is 0 Å². The first-order valence-electron chi connectivity index (χ1n) is 6.97. The Hall–Kier alpha value is -2.53. The molecule has 5 nitrogen and oxygen atoms in total. The summed E-state index contributed by atoms with van der Waals surface area (Å²) in [6, 6.07) is 18.3. The van der Waals surface area contributed by atoms with Gasteiger partial charge in [0.15, 0.2) is 0 Å². The monoisotopic (exact) mass is 301 g/mol. The minimum absolute atomic E-state index is 0.0868. The van der Waals surface area contributed by atoms with Crippen molar-refractivity contribution < 1.29 is 19.4 Å². The molecule has 0 saturated heterocycles. The Bertz CT molecular complexity index is 574. The van der Waals surface area contributed by atoms with E-state index in [9.17, 15) is 9.90 Å². The van der Waals surface area contributed by atoms with Crippen LogP contribution in [-0.4, -0.2) is 37.6 Å². The van der Waals surface area contributed by atoms with Gasteiger partial charge in [-0.1, -0.05) is 36.4 Å². The number of hydrogen-bond acceptors (Lipinski definition) is 4. The zero-order chi connectivity index (χ0) is 15.8. The second-order valence-corrected chi connectivity index (χ2v) is 4.69. The van der Waals surface area contributed by atoms with Crippen LogP contribution in [0.5, 0.6) is 5.75 Å². The first kappa shape index (κ1) is 15.9. The number of anilines is 1. The number of ether oxygens (including phenoxy) is 2. The average molecular weight is 301 g/mol. The first-order chi connectivity index (χ1) is 10.7. The van der Waals surface area contributed by atoms with E-state index in [1.54, 1.807) is 12.1 Å². The van der Waals surface area contributed by atoms with Gasteiger partial charge in [0, 0.05) is 5.69 Å². The lowest BCUT2D eigenvalue weighted by atomic mass is 10.2. The Balaban J connectivity index is 1.96. The van der Waals surface area contributed by atoms with Gasteiger partial charge in [-0.3, -0.25) is 4.90 Å². The van der Waals surface area contributed by atoms with E-state index < -0.39 is 12.2 Å². The molecule has 2 aromatic rings. The fourth-order valence-corrected chi connectivity index (χ4v) is 1.98. The molecule has 1 atom stereocenters. The van der Waals surface area contributed by atoms with Gasteiger partial charge in [-0.05, 0) is 24.3 Å². The minimum Gasteiger partial charge on any atom is -0.491 e. The maximum absolute atomic E-state index is 11.9. The van der Waals surface area contributed by atoms with Crippen LogP contribution in [0.2, 0.25) is 0 Å². The van der Waals surface area contributed by atoms with Crippen LogP contribution in [0, 0.1) is 0 Å². The predicted octanol–water partition coefficient (Wildman–Crippen LogP) is 2.70. The van der Waals surface area contributed by atoms with Crippen molar-refractivity contribution in [3.05, 3.63) is 60.7 Å². The summed E-state index contributed by atoms with van der Waals surface area (Å²) in [6.07, 6.45) is -1.36. The molecule has 1 amide bonds. The summed E-state index contributed by atoms with van der Waals surface area (Å²) in [5.41, 5.74) is 0.660. The summed E-state index contributed by atoms with van der Waals surface area (Å²) in [6.45, 7) is 0.174. The maximum Gasteiger partial charge on any atom is 0.414 e. The molecule has 2 aromatic carbocycles. The van der Waals surface area contributed by atoms with Gasteiger partial charge in [0.05, 0.1) is 13.7 Å². The molecule has 0 heterocycles. The van der Waals surface area contributed by atoms with Crippen LogP contribution in [0.15, 0.2) is 60.7 Å². The molecule has 0 aliphatic carbocycles. The zero-order valence-corrected chi connectivity index (χ0v) is 12.4. The number of amides is 1. The number of aliphatic hydroxyl groups is 1. The van der Waals surface area contributed by atoms with Crippen molar-refractivity contribution in [3.63, 3.8) is 0 Å². The lowest BCUT2D eigenvalue weighted by Crippen LogP contribution is -2.39. The number of rotatable bonds is 6. The number of carbonyl (C=O) groups excluding carboxylic acids is 1. The second kappa shape index (κ2) is 8.05. The van der Waals surface area contributed by atoms with Gasteiger partial charge in [-0.2, -0.15) is 0 Å². The third kappa shape index (κ3) is 4.49. The molecule has 0 aromatic heterocycles. The largest absolute Gasteiger partial charge is 0.491 e. The Kier molecular flexibility index (Phi) is 5.80. The van der Waals surface area contributed by atoms with E-state index in [0.717, 1.165) is 0 Å². The van der Waals surface area contributed by atoms with Crippen molar-refractivity contribution >= 4 is 11.8 Å². The van der Waals surface area contributed by atoms with Gasteiger partial charge in [0.25, 0.3) is 0 Å². The first-order valence-corrected chi connectivity index (χ1v) is 6.97. The maximum atomic E-state index is 11.9. The van der Waals surface area contributed by atoms with Crippen molar-refractivity contribution in [3.8, 4) is 5.75 Å². The molecule has 0 aliphatic heterocycles. The molecule has 22 heavy (non-hydrogen) atoms. The Labute approximate surface area is 129 Å². The third-order valence-electron chi connectivity index (χ3n) is 3.04. The molecule has 0 saturated carbocycles. The van der Waals surface area contributed by atoms with Crippen LogP contribution in [0.1, 0.15) is 0 Å². The van der Waals surface area contributed by atoms with Crippen LogP contribution >= 0.6 is 0 Å². The fourth-order valence-electron chi connectivity index (χ4n) is 1.98. The molecule has 2 rings (SSSR count). The van der Waals surface area contributed by atoms with Gasteiger partial charge < -0.3 is 14.6 Å². The highest BCUT2D eigenvalue weighted by Crippen LogP contribution is 2.15. The number of carbonyl (C=O) groups is 1. The standard InChI is InChI=1S/C17H19NO4/c1-21-17(20)18(14-8-4-2-5-9-14)12-15(19)13-22-16-10-6-3-7-11-16/h2-11,15,19H,12-13H2,1H3. The molecule has 0 spiro atoms. The number of benzene rings is 2. The van der Waals surface area contributed by atoms with Crippen LogP contribution in [-0.2, 0) is 4.74 Å². The molecule has 0 radical (unpaired) electrons. The van der Waals surface area contributed by atoms with Gasteiger partial charge in [-0.25, -0.2) is 4.79 Å². The van der Waals surface area contributed by atoms with Crippen molar-refractivity contribution in [1.82, 2.24) is 0 Å². The summed E-state index contributed by atoms with van der Waals surface area (Å²) >= 11 is 0. The summed E-state index contributed by atoms with van der Waals surface area (Å²) < 4.78 is 10.3. The number of hydrogen-bond donors (Lipinski definition) is 1. The highest BCUT2D eigenvalue weighted by molar-refractivity contribution is 5.87. The van der Waals surface area contributed by atoms with Gasteiger partial charge in [-0.15, -0.1) is 0 Å². The van der Waals surface area contributed by atoms with Crippen LogP contribution < -0.4 is 9.64 Å². The van der Waals surface area contributed by atoms with Crippen molar-refractivity contribution in [2.75, 3.05) is 25.2 Å². The normalized spacial score (nSPS) is 11.5. The highest BCUT2D eigenvalue weighted by Gasteiger charge is 2.20. The molecule has 0 aliphatic rings. The SMILES string of the molecule is COC(=O)N(CC(O)COc1ccccc1)c1ccccc1. The minimum atomic E-state index is -0.834. The topological polar surface area (TPSA) is 59.0 Å². The summed E-state index contributed by atoms with van der Waals surface area (Å²) in [5, 5.41) is 10.1. The smallest absolute Gasteiger partial charge is 0.414 e. The molecule has 116 valence electrons. The lowest BCUT2D eigenvalue weighted by Gasteiger charge is -2.24. The van der Waals surface area contributed by atoms with E-state index in [1.165, 1.54) is 12.0 Å². The molecule has 1 N–H and O–H groups in total. The molecule has 0 bridgehead atoms. The Morgan fingerprint density at radius 3 is 2.27 bits per heavy atom. The van der Waals surface area contributed by atoms with Gasteiger partial charge in [0.1, 0.15) is 18.5 Å². The number of nitrogens with zero attached hydrogens (tertiary/aromatic N) is 1. The fraction of sp³-hybridized carbons (Fsp3) is 0.235. The van der Waals surface area contributed by atoms with Crippen LogP contribution in [0.25, 0.3) is 0 Å². The van der Waals surface area contributed by atoms with Crippen LogP contribution in [0.3, 0.4) is 0 Å². The molecular formula is C17H19NO4. The van der Waals surface area contributed by atoms with E-state index in [2.05, 4.69) is 0 Å². The molecular weight excluding hydrogens is 282 g/mol. The quantitative estimate of drug-likeness (QED) is 0.891. The summed E-state index contributed by atoms with van der Waals surface area (Å²) in [4.78, 5) is 13.2. The van der Waals surface area contributed by atoms with Gasteiger partial charge >= 0.3 is 6.09 Å². The van der Waals surface area contributed by atoms with Crippen LogP contribution in [0.4, 0.5) is 10.5 Å².